The Morgan fingerprint density at radius 1 is 0.636 bits per heavy atom. The zero-order valence-electron chi connectivity index (χ0n) is 14.4. The second-order valence-electron chi connectivity index (χ2n) is 9.49. The van der Waals surface area contributed by atoms with Gasteiger partial charge in [-0.1, -0.05) is 32.1 Å². The number of fused-ring (bicyclic) bond motifs is 3. The van der Waals surface area contributed by atoms with Gasteiger partial charge in [0.15, 0.2) is 0 Å². The molecule has 5 aliphatic rings. The van der Waals surface area contributed by atoms with Crippen molar-refractivity contribution in [3.63, 3.8) is 0 Å². The quantitative estimate of drug-likeness (QED) is 0.743. The Morgan fingerprint density at radius 3 is 2.05 bits per heavy atom. The van der Waals surface area contributed by atoms with Gasteiger partial charge in [0, 0.05) is 6.04 Å². The fraction of sp³-hybridized carbons (Fsp3) is 1.00. The van der Waals surface area contributed by atoms with E-state index in [1.54, 1.807) is 51.4 Å². The lowest BCUT2D eigenvalue weighted by Crippen LogP contribution is -2.54. The Hall–Kier alpha value is -0.0400. The zero-order chi connectivity index (χ0) is 14.6. The van der Waals surface area contributed by atoms with Gasteiger partial charge in [0.25, 0.3) is 0 Å². The monoisotopic (exact) mass is 301 g/mol. The van der Waals surface area contributed by atoms with Crippen molar-refractivity contribution in [1.29, 1.82) is 0 Å². The highest BCUT2D eigenvalue weighted by atomic mass is 15.0. The minimum absolute atomic E-state index is 0.792. The Labute approximate surface area is 137 Å². The molecule has 0 amide bonds. The first-order valence-electron chi connectivity index (χ1n) is 10.6. The summed E-state index contributed by atoms with van der Waals surface area (Å²) in [5, 5.41) is 4.08. The number of nitrogens with one attached hydrogen (secondary N) is 1. The predicted octanol–water partition coefficient (Wildman–Crippen LogP) is 5.15. The van der Waals surface area contributed by atoms with E-state index in [4.69, 9.17) is 0 Å². The number of hydrogen-bond donors (Lipinski definition) is 1. The lowest BCUT2D eigenvalue weighted by Gasteiger charge is -2.56. The smallest absolute Gasteiger partial charge is 0.0134 e. The van der Waals surface area contributed by atoms with E-state index in [0.29, 0.717) is 0 Å². The van der Waals surface area contributed by atoms with Crippen LogP contribution in [0.4, 0.5) is 0 Å². The van der Waals surface area contributed by atoms with Crippen LogP contribution < -0.4 is 5.32 Å². The van der Waals surface area contributed by atoms with Gasteiger partial charge in [-0.05, 0) is 92.9 Å². The van der Waals surface area contributed by atoms with Crippen LogP contribution in [0.25, 0.3) is 0 Å². The molecule has 1 heterocycles. The number of hydrogen-bond acceptors (Lipinski definition) is 1. The standard InChI is InChI=1S/C21H35N/c1-2-8-15(7-1)21(12-6-13-21)19-17-10-4-3-9-16(17)18-11-5-14-22-20(18)19/h15-20,22H,1-14H2. The highest BCUT2D eigenvalue weighted by Gasteiger charge is 2.61. The van der Waals surface area contributed by atoms with Crippen LogP contribution in [0.2, 0.25) is 0 Å². The summed E-state index contributed by atoms with van der Waals surface area (Å²) in [6.45, 7) is 1.32. The van der Waals surface area contributed by atoms with Crippen molar-refractivity contribution >= 4 is 0 Å². The summed E-state index contributed by atoms with van der Waals surface area (Å²) in [5.74, 6) is 5.45. The Morgan fingerprint density at radius 2 is 1.32 bits per heavy atom. The summed E-state index contributed by atoms with van der Waals surface area (Å²) in [5.41, 5.74) is 0.792. The van der Waals surface area contributed by atoms with Gasteiger partial charge >= 0.3 is 0 Å². The van der Waals surface area contributed by atoms with Crippen LogP contribution in [-0.2, 0) is 0 Å². The first-order valence-corrected chi connectivity index (χ1v) is 10.6. The molecule has 5 atom stereocenters. The van der Waals surface area contributed by atoms with E-state index in [0.717, 1.165) is 41.0 Å². The van der Waals surface area contributed by atoms with Crippen molar-refractivity contribution in [2.45, 2.75) is 89.5 Å². The van der Waals surface area contributed by atoms with E-state index in [1.165, 1.54) is 38.6 Å². The summed E-state index contributed by atoms with van der Waals surface area (Å²) < 4.78 is 0. The van der Waals surface area contributed by atoms with Gasteiger partial charge in [-0.25, -0.2) is 0 Å². The molecule has 0 spiro atoms. The molecule has 0 aromatic heterocycles. The molecule has 1 nitrogen and oxygen atoms in total. The Balaban J connectivity index is 1.50. The lowest BCUT2D eigenvalue weighted by atomic mass is 9.50. The first-order chi connectivity index (χ1) is 10.9. The predicted molar refractivity (Wildman–Crippen MR) is 91.7 cm³/mol. The largest absolute Gasteiger partial charge is 0.313 e. The number of rotatable bonds is 2. The molecule has 1 N–H and O–H groups in total. The molecule has 4 saturated carbocycles. The SMILES string of the molecule is C1CCC2C(C1)C1CCCNC1C2C1(C2CCCC2)CCC1. The molecule has 1 aliphatic heterocycles. The molecule has 5 rings (SSSR count). The second-order valence-corrected chi connectivity index (χ2v) is 9.49. The van der Waals surface area contributed by atoms with E-state index in [2.05, 4.69) is 5.32 Å². The molecule has 22 heavy (non-hydrogen) atoms. The minimum Gasteiger partial charge on any atom is -0.313 e. The highest BCUT2D eigenvalue weighted by molar-refractivity contribution is 5.13. The maximum atomic E-state index is 4.08. The Kier molecular flexibility index (Phi) is 3.58. The van der Waals surface area contributed by atoms with E-state index >= 15 is 0 Å². The molecule has 0 aromatic carbocycles. The van der Waals surface area contributed by atoms with Crippen LogP contribution in [0.5, 0.6) is 0 Å². The molecule has 0 aromatic rings. The van der Waals surface area contributed by atoms with E-state index in [1.807, 2.05) is 0 Å². The fourth-order valence-electron chi connectivity index (χ4n) is 8.13. The molecule has 5 unspecified atom stereocenters. The van der Waals surface area contributed by atoms with Crippen LogP contribution in [0.3, 0.4) is 0 Å². The molecule has 0 radical (unpaired) electrons. The van der Waals surface area contributed by atoms with E-state index in [9.17, 15) is 0 Å². The van der Waals surface area contributed by atoms with Crippen molar-refractivity contribution in [3.8, 4) is 0 Å². The van der Waals surface area contributed by atoms with Crippen molar-refractivity contribution in [2.24, 2.45) is 35.0 Å². The van der Waals surface area contributed by atoms with Crippen molar-refractivity contribution in [3.05, 3.63) is 0 Å². The first kappa shape index (κ1) is 14.3. The van der Waals surface area contributed by atoms with Gasteiger partial charge < -0.3 is 5.32 Å². The Bertz CT molecular complexity index is 384. The van der Waals surface area contributed by atoms with Crippen molar-refractivity contribution in [1.82, 2.24) is 5.32 Å². The van der Waals surface area contributed by atoms with Gasteiger partial charge in [-0.2, -0.15) is 0 Å². The molecule has 0 bridgehead atoms. The lowest BCUT2D eigenvalue weighted by molar-refractivity contribution is -0.0546. The van der Waals surface area contributed by atoms with Gasteiger partial charge in [0.2, 0.25) is 0 Å². The van der Waals surface area contributed by atoms with Crippen LogP contribution in [-0.4, -0.2) is 12.6 Å². The molecule has 4 aliphatic carbocycles. The van der Waals surface area contributed by atoms with Crippen molar-refractivity contribution < 1.29 is 0 Å². The maximum Gasteiger partial charge on any atom is 0.0134 e. The third-order valence-electron chi connectivity index (χ3n) is 8.95. The van der Waals surface area contributed by atoms with Gasteiger partial charge in [0.05, 0.1) is 0 Å². The van der Waals surface area contributed by atoms with Crippen molar-refractivity contribution in [2.75, 3.05) is 6.54 Å². The summed E-state index contributed by atoms with van der Waals surface area (Å²) in [6.07, 6.45) is 20.2. The molecule has 124 valence electrons. The molecular weight excluding hydrogens is 266 g/mol. The van der Waals surface area contributed by atoms with E-state index in [-0.39, 0.29) is 0 Å². The van der Waals surface area contributed by atoms with Gasteiger partial charge in [0.1, 0.15) is 0 Å². The van der Waals surface area contributed by atoms with Crippen LogP contribution in [0.15, 0.2) is 0 Å². The molecule has 1 heteroatoms. The summed E-state index contributed by atoms with van der Waals surface area (Å²) in [7, 11) is 0. The molecule has 1 saturated heterocycles. The van der Waals surface area contributed by atoms with E-state index < -0.39 is 0 Å². The summed E-state index contributed by atoms with van der Waals surface area (Å²) in [4.78, 5) is 0. The average Bonchev–Trinajstić information content (AvgIpc) is 3.15. The van der Waals surface area contributed by atoms with Gasteiger partial charge in [-0.15, -0.1) is 0 Å². The maximum absolute atomic E-state index is 4.08. The highest BCUT2D eigenvalue weighted by Crippen LogP contribution is 2.66. The summed E-state index contributed by atoms with van der Waals surface area (Å²) >= 11 is 0. The second kappa shape index (κ2) is 5.50. The van der Waals surface area contributed by atoms with Crippen LogP contribution in [0.1, 0.15) is 83.5 Å². The van der Waals surface area contributed by atoms with Crippen LogP contribution >= 0.6 is 0 Å². The topological polar surface area (TPSA) is 12.0 Å². The molecular formula is C21H35N. The minimum atomic E-state index is 0.792. The molecule has 5 fully saturated rings. The van der Waals surface area contributed by atoms with Crippen LogP contribution in [0, 0.1) is 35.0 Å². The summed E-state index contributed by atoms with van der Waals surface area (Å²) in [6, 6.07) is 0.919. The average molecular weight is 302 g/mol. The fourth-order valence-corrected chi connectivity index (χ4v) is 8.13. The third kappa shape index (κ3) is 1.93. The van der Waals surface area contributed by atoms with Gasteiger partial charge in [-0.3, -0.25) is 0 Å². The third-order valence-corrected chi connectivity index (χ3v) is 8.95. The normalized spacial score (nSPS) is 47.7. The zero-order valence-corrected chi connectivity index (χ0v) is 14.4. The number of piperidine rings is 1.